The van der Waals surface area contributed by atoms with Crippen molar-refractivity contribution in [2.24, 2.45) is 5.92 Å². The highest BCUT2D eigenvalue weighted by Crippen LogP contribution is 2.34. The number of benzene rings is 1. The Kier molecular flexibility index (Phi) is 5.76. The van der Waals surface area contributed by atoms with Gasteiger partial charge in [-0.1, -0.05) is 30.3 Å². The number of hydrogen-bond donors (Lipinski definition) is 0. The molecule has 0 aromatic heterocycles. The average molecular weight is 366 g/mol. The van der Waals surface area contributed by atoms with Crippen LogP contribution in [0, 0.1) is 5.92 Å². The zero-order chi connectivity index (χ0) is 17.9. The van der Waals surface area contributed by atoms with Gasteiger partial charge >= 0.3 is 0 Å². The minimum absolute atomic E-state index is 0.0832. The number of nitrogens with zero attached hydrogens (tertiary/aromatic N) is 2. The first-order valence-electron chi connectivity index (χ1n) is 8.82. The lowest BCUT2D eigenvalue weighted by atomic mass is 10.0. The van der Waals surface area contributed by atoms with Gasteiger partial charge < -0.3 is 9.64 Å². The lowest BCUT2D eigenvalue weighted by Gasteiger charge is -2.22. The lowest BCUT2D eigenvalue weighted by molar-refractivity contribution is -0.130. The third-order valence-electron chi connectivity index (χ3n) is 5.26. The van der Waals surface area contributed by atoms with Gasteiger partial charge in [0.05, 0.1) is 18.3 Å². The number of likely N-dealkylation sites (tertiary alicyclic amines) is 1. The molecule has 6 nitrogen and oxygen atoms in total. The van der Waals surface area contributed by atoms with Gasteiger partial charge in [-0.05, 0) is 24.3 Å². The predicted octanol–water partition coefficient (Wildman–Crippen LogP) is 1.13. The van der Waals surface area contributed by atoms with E-state index in [0.29, 0.717) is 45.6 Å². The van der Waals surface area contributed by atoms with E-state index >= 15 is 0 Å². The summed E-state index contributed by atoms with van der Waals surface area (Å²) in [6.45, 7) is 2.55. The average Bonchev–Trinajstić information content (AvgIpc) is 2.75. The fourth-order valence-electron chi connectivity index (χ4n) is 3.84. The normalized spacial score (nSPS) is 26.2. The van der Waals surface area contributed by atoms with Crippen LogP contribution < -0.4 is 0 Å². The van der Waals surface area contributed by atoms with Gasteiger partial charge in [0.1, 0.15) is 0 Å². The first-order chi connectivity index (χ1) is 12.0. The van der Waals surface area contributed by atoms with Crippen LogP contribution in [0.3, 0.4) is 0 Å². The molecule has 3 rings (SSSR count). The Labute approximate surface area is 149 Å². The Bertz CT molecular complexity index is 692. The number of ether oxygens (including phenoxy) is 1. The SMILES string of the molecule is COCCN1C[C@@H]2CCN(C(=O)Cc3ccccc3)CC[C@@H]2S1(=O)=O. The molecule has 0 N–H and O–H groups in total. The monoisotopic (exact) mass is 366 g/mol. The Morgan fingerprint density at radius 2 is 1.92 bits per heavy atom. The molecule has 0 unspecified atom stereocenters. The second kappa shape index (κ2) is 7.85. The van der Waals surface area contributed by atoms with Gasteiger partial charge in [0, 0.05) is 33.3 Å². The third kappa shape index (κ3) is 4.04. The number of amides is 1. The standard InChI is InChI=1S/C18H26N2O4S/c1-24-12-11-20-14-16-7-9-19(10-8-17(16)25(20,22)23)18(21)13-15-5-3-2-4-6-15/h2-6,16-17H,7-14H2,1H3/t16-,17-/m0/s1. The molecule has 0 bridgehead atoms. The van der Waals surface area contributed by atoms with Crippen LogP contribution in [0.5, 0.6) is 0 Å². The summed E-state index contributed by atoms with van der Waals surface area (Å²) < 4.78 is 32.0. The van der Waals surface area contributed by atoms with Crippen LogP contribution in [-0.2, 0) is 26.0 Å². The molecule has 0 saturated carbocycles. The number of sulfonamides is 1. The highest BCUT2D eigenvalue weighted by Gasteiger charge is 2.46. The van der Waals surface area contributed by atoms with Gasteiger partial charge in [-0.3, -0.25) is 4.79 Å². The molecule has 2 atom stereocenters. The van der Waals surface area contributed by atoms with Crippen molar-refractivity contribution in [2.45, 2.75) is 24.5 Å². The van der Waals surface area contributed by atoms with E-state index in [9.17, 15) is 13.2 Å². The molecule has 1 amide bonds. The topological polar surface area (TPSA) is 66.9 Å². The maximum atomic E-state index is 12.7. The number of methoxy groups -OCH3 is 1. The van der Waals surface area contributed by atoms with Crippen molar-refractivity contribution in [3.05, 3.63) is 35.9 Å². The summed E-state index contributed by atoms with van der Waals surface area (Å²) in [5.41, 5.74) is 0.996. The summed E-state index contributed by atoms with van der Waals surface area (Å²) in [5.74, 6) is 0.191. The molecular weight excluding hydrogens is 340 g/mol. The second-order valence-electron chi connectivity index (χ2n) is 6.81. The van der Waals surface area contributed by atoms with Crippen LogP contribution in [0.2, 0.25) is 0 Å². The molecule has 0 radical (unpaired) electrons. The molecule has 2 aliphatic rings. The minimum atomic E-state index is -3.28. The molecule has 2 fully saturated rings. The van der Waals surface area contributed by atoms with E-state index in [1.807, 2.05) is 35.2 Å². The first-order valence-corrected chi connectivity index (χ1v) is 10.3. The molecule has 25 heavy (non-hydrogen) atoms. The maximum absolute atomic E-state index is 12.7. The summed E-state index contributed by atoms with van der Waals surface area (Å²) in [4.78, 5) is 14.4. The van der Waals surface area contributed by atoms with Crippen molar-refractivity contribution in [1.82, 2.24) is 9.21 Å². The molecule has 0 aliphatic carbocycles. The summed E-state index contributed by atoms with van der Waals surface area (Å²) in [7, 11) is -1.70. The van der Waals surface area contributed by atoms with E-state index in [1.54, 1.807) is 11.4 Å². The van der Waals surface area contributed by atoms with E-state index in [2.05, 4.69) is 0 Å². The fraction of sp³-hybridized carbons (Fsp3) is 0.611. The van der Waals surface area contributed by atoms with E-state index in [0.717, 1.165) is 12.0 Å². The largest absolute Gasteiger partial charge is 0.383 e. The second-order valence-corrected chi connectivity index (χ2v) is 8.97. The molecular formula is C18H26N2O4S. The van der Waals surface area contributed by atoms with Gasteiger partial charge in [0.2, 0.25) is 15.9 Å². The molecule has 0 spiro atoms. The number of fused-ring (bicyclic) bond motifs is 1. The molecule has 2 saturated heterocycles. The van der Waals surface area contributed by atoms with Crippen LogP contribution in [0.15, 0.2) is 30.3 Å². The van der Waals surface area contributed by atoms with Gasteiger partial charge in [-0.2, -0.15) is 4.31 Å². The Balaban J connectivity index is 1.62. The van der Waals surface area contributed by atoms with Crippen molar-refractivity contribution in [2.75, 3.05) is 39.9 Å². The summed E-state index contributed by atoms with van der Waals surface area (Å²) in [6.07, 6.45) is 1.65. The first kappa shape index (κ1) is 18.4. The Morgan fingerprint density at radius 1 is 1.20 bits per heavy atom. The van der Waals surface area contributed by atoms with Crippen molar-refractivity contribution < 1.29 is 17.9 Å². The summed E-state index contributed by atoms with van der Waals surface area (Å²) in [5, 5.41) is -0.362. The maximum Gasteiger partial charge on any atom is 0.226 e. The van der Waals surface area contributed by atoms with Crippen LogP contribution in [0.25, 0.3) is 0 Å². The molecule has 1 aromatic carbocycles. The quantitative estimate of drug-likeness (QED) is 0.783. The van der Waals surface area contributed by atoms with E-state index in [4.69, 9.17) is 4.74 Å². The number of carbonyl (C=O) groups excluding carboxylic acids is 1. The molecule has 1 aromatic rings. The van der Waals surface area contributed by atoms with Crippen LogP contribution in [0.1, 0.15) is 18.4 Å². The number of carbonyl (C=O) groups is 1. The van der Waals surface area contributed by atoms with Crippen molar-refractivity contribution >= 4 is 15.9 Å². The zero-order valence-corrected chi connectivity index (χ0v) is 15.5. The third-order valence-corrected chi connectivity index (χ3v) is 7.69. The highest BCUT2D eigenvalue weighted by atomic mass is 32.2. The highest BCUT2D eigenvalue weighted by molar-refractivity contribution is 7.90. The lowest BCUT2D eigenvalue weighted by Crippen LogP contribution is -2.36. The number of hydrogen-bond acceptors (Lipinski definition) is 4. The van der Waals surface area contributed by atoms with Crippen LogP contribution in [-0.4, -0.2) is 68.7 Å². The van der Waals surface area contributed by atoms with Crippen molar-refractivity contribution in [3.8, 4) is 0 Å². The van der Waals surface area contributed by atoms with Crippen LogP contribution >= 0.6 is 0 Å². The minimum Gasteiger partial charge on any atom is -0.383 e. The van der Waals surface area contributed by atoms with E-state index in [-0.39, 0.29) is 17.1 Å². The smallest absolute Gasteiger partial charge is 0.226 e. The summed E-state index contributed by atoms with van der Waals surface area (Å²) in [6, 6.07) is 9.68. The van der Waals surface area contributed by atoms with Gasteiger partial charge in [0.25, 0.3) is 0 Å². The summed E-state index contributed by atoms with van der Waals surface area (Å²) >= 11 is 0. The van der Waals surface area contributed by atoms with Gasteiger partial charge in [-0.15, -0.1) is 0 Å². The Hall–Kier alpha value is -1.44. The predicted molar refractivity (Wildman–Crippen MR) is 95.6 cm³/mol. The van der Waals surface area contributed by atoms with Gasteiger partial charge in [0.15, 0.2) is 0 Å². The molecule has 138 valence electrons. The Morgan fingerprint density at radius 3 is 2.64 bits per heavy atom. The molecule has 2 heterocycles. The fourth-order valence-corrected chi connectivity index (χ4v) is 6.06. The van der Waals surface area contributed by atoms with Crippen LogP contribution in [0.4, 0.5) is 0 Å². The molecule has 7 heteroatoms. The molecule has 2 aliphatic heterocycles. The van der Waals surface area contributed by atoms with Crippen molar-refractivity contribution in [1.29, 1.82) is 0 Å². The van der Waals surface area contributed by atoms with E-state index in [1.165, 1.54) is 0 Å². The number of rotatable bonds is 5. The zero-order valence-electron chi connectivity index (χ0n) is 14.6. The van der Waals surface area contributed by atoms with Crippen molar-refractivity contribution in [3.63, 3.8) is 0 Å². The van der Waals surface area contributed by atoms with E-state index < -0.39 is 10.0 Å². The van der Waals surface area contributed by atoms with Gasteiger partial charge in [-0.25, -0.2) is 8.42 Å².